The van der Waals surface area contributed by atoms with Crippen LogP contribution >= 0.6 is 23.5 Å². The summed E-state index contributed by atoms with van der Waals surface area (Å²) in [5.41, 5.74) is 15.6. The number of aromatic amines is 2. The predicted molar refractivity (Wildman–Crippen MR) is 431 cm³/mol. The highest BCUT2D eigenvalue weighted by atomic mass is 32.2. The molecule has 5 heterocycles. The number of H-pyrrole nitrogens is 2. The van der Waals surface area contributed by atoms with Gasteiger partial charge in [0.1, 0.15) is 71.5 Å². The molecule has 4 aliphatic rings. The number of unbranched alkanes of at least 4 members (excludes halogenated alkanes) is 1. The van der Waals surface area contributed by atoms with Gasteiger partial charge in [-0.2, -0.15) is 23.5 Å². The Morgan fingerprint density at radius 2 is 1.25 bits per heavy atom. The molecule has 0 radical (unpaired) electrons. The molecule has 11 rings (SSSR count). The highest BCUT2D eigenvalue weighted by molar-refractivity contribution is 7.98. The van der Waals surface area contributed by atoms with E-state index in [1.165, 1.54) is 114 Å². The molecule has 2 fully saturated rings. The van der Waals surface area contributed by atoms with Crippen LogP contribution in [0.1, 0.15) is 129 Å². The second-order valence-electron chi connectivity index (χ2n) is 30.4. The Morgan fingerprint density at radius 3 is 1.97 bits per heavy atom. The summed E-state index contributed by atoms with van der Waals surface area (Å²) in [7, 11) is 0. The molecule has 0 spiro atoms. The van der Waals surface area contributed by atoms with Crippen LogP contribution in [0.5, 0.6) is 5.75 Å². The number of benzene rings is 5. The molecule has 116 heavy (non-hydrogen) atoms. The third kappa shape index (κ3) is 23.7. The molecule has 1 saturated heterocycles. The molecule has 1 aliphatic carbocycles. The van der Waals surface area contributed by atoms with Crippen molar-refractivity contribution in [3.05, 3.63) is 184 Å². The maximum atomic E-state index is 15.9. The Labute approximate surface area is 677 Å². The van der Waals surface area contributed by atoms with E-state index in [1.807, 2.05) is 24.3 Å². The number of aromatic hydroxyl groups is 1. The zero-order valence-electron chi connectivity index (χ0n) is 64.2. The van der Waals surface area contributed by atoms with E-state index in [2.05, 4.69) is 62.8 Å². The van der Waals surface area contributed by atoms with Gasteiger partial charge in [-0.05, 0) is 164 Å². The number of carboxylic acid groups (broad SMARTS) is 1. The van der Waals surface area contributed by atoms with Crippen molar-refractivity contribution in [1.29, 1.82) is 0 Å². The van der Waals surface area contributed by atoms with Crippen LogP contribution in [-0.2, 0) is 95.3 Å². The molecule has 10 amide bonds. The first-order chi connectivity index (χ1) is 55.9. The van der Waals surface area contributed by atoms with E-state index in [4.69, 9.17) is 11.5 Å². The summed E-state index contributed by atoms with van der Waals surface area (Å²) in [4.78, 5) is 173. The van der Waals surface area contributed by atoms with E-state index >= 15 is 32.8 Å². The van der Waals surface area contributed by atoms with E-state index in [0.29, 0.717) is 81.8 Å². The lowest BCUT2D eigenvalue weighted by molar-refractivity contribution is -0.143. The molecule has 5 aromatic carbocycles. The zero-order valence-corrected chi connectivity index (χ0v) is 65.8. The molecule has 1 unspecified atom stereocenters. The molecule has 33 heteroatoms. The largest absolute Gasteiger partial charge is 0.508 e. The van der Waals surface area contributed by atoms with Gasteiger partial charge in [0.25, 0.3) is 0 Å². The summed E-state index contributed by atoms with van der Waals surface area (Å²) in [6, 6.07) is 14.7. The number of hydrogen-bond donors (Lipinski definition) is 15. The maximum Gasteiger partial charge on any atom is 0.305 e. The Morgan fingerprint density at radius 1 is 0.612 bits per heavy atom. The van der Waals surface area contributed by atoms with Gasteiger partial charge < -0.3 is 84.4 Å². The first-order valence-corrected chi connectivity index (χ1v) is 41.6. The number of fused-ring (bicyclic) bond motifs is 5. The van der Waals surface area contributed by atoms with Gasteiger partial charge in [-0.1, -0.05) is 80.6 Å². The van der Waals surface area contributed by atoms with Crippen molar-refractivity contribution in [2.75, 3.05) is 43.0 Å². The molecule has 7 aromatic rings. The number of carboxylic acids is 1. The van der Waals surface area contributed by atoms with Gasteiger partial charge in [0.2, 0.25) is 59.1 Å². The second kappa shape index (κ2) is 41.1. The lowest BCUT2D eigenvalue weighted by Gasteiger charge is -2.41. The van der Waals surface area contributed by atoms with E-state index in [9.17, 15) is 43.4 Å². The molecule has 28 nitrogen and oxygen atoms in total. The standard InChI is InChI=1S/C83H100F3N15O13S2/c84-55-18-14-48(15-19-55)29-52-32-71-81(113)100-70(75(88)107)45-116-44-51-10-8-9-50(30-51)43-115-28-26-72(103)94-64(13-6-7-27-87)76(108)91-41-73(104)95-65(33-53-39-90-62-24-20-56(85)34-60(53)62)77(109)99-69(38-83(54-11-4-2-1-3-5-12-54)46-92-63-25-21-57(86)35-61(63)83)80(112)97-67(37-74(105)106)79(111)96-66(36-58-40-89-47-93-58)78(110)98-68(82(114)101(71)42-52)31-49-16-22-59(102)23-17-49/h8-10,14-25,30,34-35,39-40,47,52,54,64-71,90,92,102H,1-7,11-13,26-29,31-33,36-38,41-46,87H2,(H2,88,107)(H,89,93)(H,91,108)(H,94,103)(H,95,104)(H,96,111)(H,97,112)(H,98,110)(H,99,109)(H,100,113)(H,105,106)/t52-,64+,65+,66+,67+,68+,69+,70+,71+,83?/m1/s1. The first kappa shape index (κ1) is 85.9. The number of imidazole rings is 1. The van der Waals surface area contributed by atoms with Crippen molar-refractivity contribution >= 4 is 105 Å². The normalized spacial score (nSPS) is 24.1. The number of hydrogen-bond acceptors (Lipinski definition) is 17. The van der Waals surface area contributed by atoms with E-state index in [1.54, 1.807) is 18.2 Å². The number of nitrogens with zero attached hydrogens (tertiary/aromatic N) is 2. The fourth-order valence-corrected chi connectivity index (χ4v) is 17.9. The molecule has 3 aliphatic heterocycles. The number of thioether (sulfide) groups is 2. The summed E-state index contributed by atoms with van der Waals surface area (Å²) in [5, 5.41) is 46.6. The second-order valence-corrected chi connectivity index (χ2v) is 32.6. The number of amides is 10. The number of rotatable bonds is 18. The number of phenols is 1. The Balaban J connectivity index is 0.970. The van der Waals surface area contributed by atoms with Gasteiger partial charge in [-0.3, -0.25) is 52.7 Å². The number of nitrogens with one attached hydrogen (secondary N) is 11. The van der Waals surface area contributed by atoms with Gasteiger partial charge in [0, 0.05) is 102 Å². The first-order valence-electron chi connectivity index (χ1n) is 39.3. The molecular formula is C83H100F3N15O13S2. The predicted octanol–water partition coefficient (Wildman–Crippen LogP) is 5.78. The highest BCUT2D eigenvalue weighted by Crippen LogP contribution is 2.50. The smallest absolute Gasteiger partial charge is 0.305 e. The molecule has 10 atom stereocenters. The van der Waals surface area contributed by atoms with Gasteiger partial charge >= 0.3 is 5.97 Å². The number of halogens is 3. The number of aliphatic carboxylic acids is 1. The van der Waals surface area contributed by atoms with Crippen LogP contribution in [0.4, 0.5) is 18.9 Å². The van der Waals surface area contributed by atoms with Crippen LogP contribution in [0, 0.1) is 29.3 Å². The average molecular weight is 1640 g/mol. The van der Waals surface area contributed by atoms with Gasteiger partial charge in [-0.15, -0.1) is 0 Å². The number of primary amides is 1. The van der Waals surface area contributed by atoms with Gasteiger partial charge in [-0.25, -0.2) is 18.2 Å². The molecule has 2 aromatic heterocycles. The highest BCUT2D eigenvalue weighted by Gasteiger charge is 2.50. The molecule has 17 N–H and O–H groups in total. The number of carbonyl (C=O) groups excluding carboxylic acids is 10. The average Bonchev–Trinajstić information content (AvgIpc) is 0.975. The number of anilines is 1. The van der Waals surface area contributed by atoms with Crippen molar-refractivity contribution in [1.82, 2.24) is 62.4 Å². The van der Waals surface area contributed by atoms with Crippen molar-refractivity contribution in [2.45, 2.75) is 181 Å². The lowest BCUT2D eigenvalue weighted by atomic mass is 9.64. The molecule has 618 valence electrons. The number of phenolic OH excluding ortho intramolecular Hbond substituents is 1. The van der Waals surface area contributed by atoms with Crippen LogP contribution in [0.25, 0.3) is 10.9 Å². The molecule has 2 bridgehead atoms. The van der Waals surface area contributed by atoms with Crippen molar-refractivity contribution in [2.24, 2.45) is 23.3 Å². The van der Waals surface area contributed by atoms with Crippen molar-refractivity contribution < 1.29 is 76.1 Å². The van der Waals surface area contributed by atoms with E-state index < -0.39 is 162 Å². The topological polar surface area (TPSA) is 436 Å². The van der Waals surface area contributed by atoms with Crippen molar-refractivity contribution in [3.8, 4) is 5.75 Å². The van der Waals surface area contributed by atoms with Crippen molar-refractivity contribution in [3.63, 3.8) is 0 Å². The number of aromatic nitrogens is 3. The van der Waals surface area contributed by atoms with Crippen LogP contribution in [-0.4, -0.2) is 181 Å². The number of carbonyl (C=O) groups is 11. The third-order valence-electron chi connectivity index (χ3n) is 22.0. The summed E-state index contributed by atoms with van der Waals surface area (Å²) in [6.07, 6.45) is 8.34. The molecular weight excluding hydrogens is 1540 g/mol. The van der Waals surface area contributed by atoms with Gasteiger partial charge in [0.05, 0.1) is 19.3 Å². The van der Waals surface area contributed by atoms with Crippen LogP contribution in [0.15, 0.2) is 128 Å². The summed E-state index contributed by atoms with van der Waals surface area (Å²) in [5.74, 6) is -12.0. The number of nitrogens with two attached hydrogens (primary N) is 2. The fourth-order valence-electron chi connectivity index (χ4n) is 16.0. The van der Waals surface area contributed by atoms with Crippen LogP contribution in [0.3, 0.4) is 0 Å². The van der Waals surface area contributed by atoms with Gasteiger partial charge in [0.15, 0.2) is 0 Å². The summed E-state index contributed by atoms with van der Waals surface area (Å²) in [6.45, 7) is -0.434. The minimum absolute atomic E-state index is 0.00236. The zero-order chi connectivity index (χ0) is 82.4. The molecule has 1 saturated carbocycles. The minimum Gasteiger partial charge on any atom is -0.508 e. The van der Waals surface area contributed by atoms with Crippen LogP contribution in [0.2, 0.25) is 0 Å². The summed E-state index contributed by atoms with van der Waals surface area (Å²) < 4.78 is 45.4. The monoisotopic (exact) mass is 1640 g/mol. The Hall–Kier alpha value is -10.9. The summed E-state index contributed by atoms with van der Waals surface area (Å²) >= 11 is 2.76. The quantitative estimate of drug-likeness (QED) is 0.0452. The van der Waals surface area contributed by atoms with Crippen LogP contribution < -0.4 is 59.3 Å². The van der Waals surface area contributed by atoms with E-state index in [-0.39, 0.29) is 87.7 Å². The fraction of sp³-hybridized carbons (Fsp3) is 0.446. The Bertz CT molecular complexity index is 4630. The minimum atomic E-state index is -2.07. The lowest BCUT2D eigenvalue weighted by Crippen LogP contribution is -2.61. The Kier molecular flexibility index (Phi) is 30.4. The van der Waals surface area contributed by atoms with E-state index in [0.717, 1.165) is 43.2 Å². The SMILES string of the molecule is NCCCC[C@@H]1NC(=O)CCSCc2cccc(c2)CSC[C@@H](C(N)=O)NC(=O)[C@@H]2C[C@@H](Cc3ccc(F)cc3)CN2C(=O)[C@H](Cc2ccc(O)cc2)NC(=O)[C@H](Cc2cnc[nH]2)NC(=O)[C@H](CC(=O)O)NC(=O)[C@H](CC2(C3CCCCCCC3)CNc3ccc(F)cc32)NC(=O)[C@H](Cc2c[nH]c3ccc(F)cc23)NC(=O)CNC1=O. The third-order valence-corrected chi connectivity index (χ3v) is 24.1. The maximum absolute atomic E-state index is 15.9.